The summed E-state index contributed by atoms with van der Waals surface area (Å²) in [4.78, 5) is 11.9. The Morgan fingerprint density at radius 1 is 1.32 bits per heavy atom. The van der Waals surface area contributed by atoms with Crippen molar-refractivity contribution in [3.63, 3.8) is 0 Å². The van der Waals surface area contributed by atoms with Gasteiger partial charge in [0.25, 0.3) is 0 Å². The van der Waals surface area contributed by atoms with Crippen molar-refractivity contribution in [3.05, 3.63) is 33.8 Å². The Hall–Kier alpha value is -0.820. The van der Waals surface area contributed by atoms with Gasteiger partial charge in [-0.25, -0.2) is 8.42 Å². The van der Waals surface area contributed by atoms with Gasteiger partial charge >= 0.3 is 0 Å². The second kappa shape index (κ2) is 8.15. The maximum Gasteiger partial charge on any atom is 0.237 e. The highest BCUT2D eigenvalue weighted by Gasteiger charge is 2.19. The van der Waals surface area contributed by atoms with Crippen molar-refractivity contribution < 1.29 is 13.2 Å². The summed E-state index contributed by atoms with van der Waals surface area (Å²) in [5.74, 6) is -0.508. The predicted octanol–water partition coefficient (Wildman–Crippen LogP) is 1.80. The smallest absolute Gasteiger partial charge is 0.237 e. The normalized spacial score (nSPS) is 14.4. The van der Waals surface area contributed by atoms with Crippen LogP contribution < -0.4 is 11.1 Å². The van der Waals surface area contributed by atoms with Crippen LogP contribution in [0.5, 0.6) is 0 Å². The highest BCUT2D eigenvalue weighted by Crippen LogP contribution is 2.25. The summed E-state index contributed by atoms with van der Waals surface area (Å²) in [6.07, 6.45) is 1.66. The summed E-state index contributed by atoms with van der Waals surface area (Å²) < 4.78 is 22.2. The van der Waals surface area contributed by atoms with E-state index in [1.807, 2.05) is 0 Å². The lowest BCUT2D eigenvalue weighted by Crippen LogP contribution is -2.45. The molecule has 0 aliphatic rings. The van der Waals surface area contributed by atoms with Crippen LogP contribution in [0, 0.1) is 0 Å². The van der Waals surface area contributed by atoms with E-state index in [0.29, 0.717) is 16.5 Å². The van der Waals surface area contributed by atoms with Gasteiger partial charge < -0.3 is 11.1 Å². The second-order valence-corrected chi connectivity index (χ2v) is 8.41. The van der Waals surface area contributed by atoms with E-state index in [-0.39, 0.29) is 24.1 Å². The van der Waals surface area contributed by atoms with Crippen LogP contribution in [-0.4, -0.2) is 38.4 Å². The molecule has 0 spiro atoms. The summed E-state index contributed by atoms with van der Waals surface area (Å²) in [6, 6.07) is 4.12. The van der Waals surface area contributed by atoms with Crippen molar-refractivity contribution in [2.75, 3.05) is 12.0 Å². The van der Waals surface area contributed by atoms with Gasteiger partial charge in [-0.1, -0.05) is 29.3 Å². The van der Waals surface area contributed by atoms with Gasteiger partial charge in [0.2, 0.25) is 5.91 Å². The molecule has 0 radical (unpaired) electrons. The Morgan fingerprint density at radius 2 is 1.86 bits per heavy atom. The molecule has 124 valence electrons. The van der Waals surface area contributed by atoms with Gasteiger partial charge in [-0.2, -0.15) is 0 Å². The Morgan fingerprint density at radius 3 is 2.36 bits per heavy atom. The Bertz CT molecular complexity index is 615. The maximum absolute atomic E-state index is 11.9. The minimum absolute atomic E-state index is 0.0875. The Kier molecular flexibility index (Phi) is 7.12. The Labute approximate surface area is 141 Å². The van der Waals surface area contributed by atoms with Crippen LogP contribution in [0.25, 0.3) is 0 Å². The number of nitrogens with two attached hydrogens (primary N) is 1. The fraction of sp³-hybridized carbons (Fsp3) is 0.500. The fourth-order valence-corrected chi connectivity index (χ4v) is 3.14. The summed E-state index contributed by atoms with van der Waals surface area (Å²) in [6.45, 7) is 1.81. The zero-order valence-corrected chi connectivity index (χ0v) is 14.8. The number of halogens is 2. The summed E-state index contributed by atoms with van der Waals surface area (Å²) in [5.41, 5.74) is 6.45. The molecule has 5 nitrogen and oxygen atoms in total. The van der Waals surface area contributed by atoms with Crippen LogP contribution in [-0.2, 0) is 21.1 Å². The molecule has 0 heterocycles. The SMILES string of the molecule is CC(Cc1c(Cl)cccc1Cl)NC(=O)C(N)CCS(C)(=O)=O. The lowest BCUT2D eigenvalue weighted by molar-refractivity contribution is -0.122. The van der Waals surface area contributed by atoms with E-state index < -0.39 is 15.9 Å². The minimum Gasteiger partial charge on any atom is -0.352 e. The third kappa shape index (κ3) is 6.52. The number of carbonyl (C=O) groups is 1. The van der Waals surface area contributed by atoms with E-state index in [9.17, 15) is 13.2 Å². The standard InChI is InChI=1S/C14H20Cl2N2O3S/c1-9(8-10-11(15)4-3-5-12(10)16)18-14(19)13(17)6-7-22(2,20)21/h3-5,9,13H,6-8,17H2,1-2H3,(H,18,19). The molecule has 22 heavy (non-hydrogen) atoms. The second-order valence-electron chi connectivity index (χ2n) is 5.34. The molecule has 2 atom stereocenters. The lowest BCUT2D eigenvalue weighted by atomic mass is 10.1. The van der Waals surface area contributed by atoms with Gasteiger partial charge in [-0.05, 0) is 37.5 Å². The Balaban J connectivity index is 2.57. The van der Waals surface area contributed by atoms with Crippen molar-refractivity contribution in [2.24, 2.45) is 5.73 Å². The van der Waals surface area contributed by atoms with Crippen molar-refractivity contribution in [2.45, 2.75) is 31.8 Å². The molecule has 1 aromatic rings. The summed E-state index contributed by atoms with van der Waals surface area (Å²) in [5, 5.41) is 3.82. The van der Waals surface area contributed by atoms with Gasteiger partial charge in [-0.3, -0.25) is 4.79 Å². The van der Waals surface area contributed by atoms with Crippen LogP contribution in [0.3, 0.4) is 0 Å². The van der Waals surface area contributed by atoms with Crippen LogP contribution in [0.2, 0.25) is 10.0 Å². The number of sulfone groups is 1. The largest absolute Gasteiger partial charge is 0.352 e. The molecular weight excluding hydrogens is 347 g/mol. The predicted molar refractivity (Wildman–Crippen MR) is 90.1 cm³/mol. The number of amides is 1. The van der Waals surface area contributed by atoms with Gasteiger partial charge in [-0.15, -0.1) is 0 Å². The number of benzene rings is 1. The van der Waals surface area contributed by atoms with E-state index in [0.717, 1.165) is 11.8 Å². The van der Waals surface area contributed by atoms with E-state index >= 15 is 0 Å². The number of carbonyl (C=O) groups excluding carboxylic acids is 1. The quantitative estimate of drug-likeness (QED) is 0.769. The summed E-state index contributed by atoms with van der Waals surface area (Å²) >= 11 is 12.2. The van der Waals surface area contributed by atoms with Gasteiger partial charge in [0.05, 0.1) is 11.8 Å². The maximum atomic E-state index is 11.9. The first kappa shape index (κ1) is 19.2. The number of rotatable bonds is 7. The summed E-state index contributed by atoms with van der Waals surface area (Å²) in [7, 11) is -3.14. The van der Waals surface area contributed by atoms with E-state index in [1.165, 1.54) is 0 Å². The average Bonchev–Trinajstić information content (AvgIpc) is 2.39. The zero-order valence-electron chi connectivity index (χ0n) is 12.5. The van der Waals surface area contributed by atoms with E-state index in [2.05, 4.69) is 5.32 Å². The molecule has 1 rings (SSSR count). The molecule has 1 amide bonds. The fourth-order valence-electron chi connectivity index (χ4n) is 1.91. The van der Waals surface area contributed by atoms with Crippen molar-refractivity contribution in [1.29, 1.82) is 0 Å². The molecule has 0 fully saturated rings. The highest BCUT2D eigenvalue weighted by atomic mass is 35.5. The molecule has 0 aliphatic heterocycles. The first-order chi connectivity index (χ1) is 10.1. The first-order valence-electron chi connectivity index (χ1n) is 6.76. The van der Waals surface area contributed by atoms with Crippen molar-refractivity contribution in [1.82, 2.24) is 5.32 Å². The van der Waals surface area contributed by atoms with Crippen LogP contribution >= 0.6 is 23.2 Å². The van der Waals surface area contributed by atoms with Crippen LogP contribution in [0.4, 0.5) is 0 Å². The molecule has 0 aromatic heterocycles. The highest BCUT2D eigenvalue weighted by molar-refractivity contribution is 7.90. The molecule has 0 bridgehead atoms. The number of nitrogens with one attached hydrogen (secondary N) is 1. The molecule has 1 aromatic carbocycles. The topological polar surface area (TPSA) is 89.3 Å². The zero-order chi connectivity index (χ0) is 16.9. The van der Waals surface area contributed by atoms with Gasteiger partial charge in [0.15, 0.2) is 0 Å². The van der Waals surface area contributed by atoms with Crippen LogP contribution in [0.15, 0.2) is 18.2 Å². The lowest BCUT2D eigenvalue weighted by Gasteiger charge is -2.18. The monoisotopic (exact) mass is 366 g/mol. The first-order valence-corrected chi connectivity index (χ1v) is 9.58. The minimum atomic E-state index is -3.14. The number of hydrogen-bond acceptors (Lipinski definition) is 4. The molecule has 0 saturated heterocycles. The van der Waals surface area contributed by atoms with Gasteiger partial charge in [0.1, 0.15) is 9.84 Å². The number of hydrogen-bond donors (Lipinski definition) is 2. The molecule has 8 heteroatoms. The van der Waals surface area contributed by atoms with Crippen molar-refractivity contribution in [3.8, 4) is 0 Å². The third-order valence-electron chi connectivity index (χ3n) is 3.10. The molecule has 0 aliphatic carbocycles. The molecular formula is C14H20Cl2N2O3S. The van der Waals surface area contributed by atoms with Crippen molar-refractivity contribution >= 4 is 38.9 Å². The third-order valence-corrected chi connectivity index (χ3v) is 4.78. The molecule has 0 saturated carbocycles. The average molecular weight is 367 g/mol. The van der Waals surface area contributed by atoms with Gasteiger partial charge in [0, 0.05) is 22.3 Å². The molecule has 2 unspecified atom stereocenters. The van der Waals surface area contributed by atoms with Crippen LogP contribution in [0.1, 0.15) is 18.9 Å². The van der Waals surface area contributed by atoms with E-state index in [4.69, 9.17) is 28.9 Å². The van der Waals surface area contributed by atoms with E-state index in [1.54, 1.807) is 25.1 Å². The molecule has 3 N–H and O–H groups in total.